The molecule has 0 saturated carbocycles. The van der Waals surface area contributed by atoms with E-state index in [-0.39, 0.29) is 40.7 Å². The Morgan fingerprint density at radius 3 is 1.28 bits per heavy atom. The first-order valence-corrected chi connectivity index (χ1v) is 20.3. The van der Waals surface area contributed by atoms with Crippen molar-refractivity contribution in [1.82, 2.24) is 0 Å². The van der Waals surface area contributed by atoms with Crippen molar-refractivity contribution in [1.29, 1.82) is 0 Å². The van der Waals surface area contributed by atoms with Gasteiger partial charge in [0.25, 0.3) is 0 Å². The molecule has 0 atom stereocenters. The maximum absolute atomic E-state index is 6.07. The number of halogens is 1. The molecule has 4 aromatic rings. The van der Waals surface area contributed by atoms with Gasteiger partial charge in [0, 0.05) is 0 Å². The van der Waals surface area contributed by atoms with Gasteiger partial charge >= 0.3 is 202 Å². The average Bonchev–Trinajstić information content (AvgIpc) is 3.71. The summed E-state index contributed by atoms with van der Waals surface area (Å²) < 4.78 is 40.1. The Morgan fingerprint density at radius 1 is 0.478 bits per heavy atom. The number of benzene rings is 2. The van der Waals surface area contributed by atoms with E-state index in [0.29, 0.717) is 29.0 Å². The van der Waals surface area contributed by atoms with E-state index in [4.69, 9.17) is 27.9 Å². The molecule has 0 radical (unpaired) electrons. The standard InChI is InChI=1S/C14H17BO2Se.C12H24B2O4.C8H5BrSe/c1-13(2)14(3,4)17-15(16-13)11-6-5-10-7-8-18-12(10)9-11;1-9(2)10(3,4)16-13(15-9)14-17-11(5,6)12(7,8)18-14;9-7-2-1-6-3-4-10-8(6)5-7/h5-9H,1-4H3;1-8H3;1-5H. The van der Waals surface area contributed by atoms with E-state index in [9.17, 15) is 0 Å². The zero-order chi connectivity index (χ0) is 33.9. The summed E-state index contributed by atoms with van der Waals surface area (Å²) in [5.74, 6) is 0. The third-order valence-corrected chi connectivity index (χ3v) is 14.4. The number of fused-ring (bicyclic) bond motifs is 2. The molecular formula is C34H46B3BrO6Se2. The van der Waals surface area contributed by atoms with Gasteiger partial charge in [-0.3, -0.25) is 0 Å². The first kappa shape index (κ1) is 36.7. The zero-order valence-corrected chi connectivity index (χ0v) is 34.2. The van der Waals surface area contributed by atoms with Crippen LogP contribution in [0.25, 0.3) is 19.3 Å². The van der Waals surface area contributed by atoms with Crippen LogP contribution in [0.15, 0.2) is 62.9 Å². The van der Waals surface area contributed by atoms with Crippen LogP contribution in [0.2, 0.25) is 0 Å². The second-order valence-electron chi connectivity index (χ2n) is 15.2. The van der Waals surface area contributed by atoms with Crippen LogP contribution in [0.1, 0.15) is 83.1 Å². The van der Waals surface area contributed by atoms with E-state index in [1.165, 1.54) is 23.8 Å². The SMILES string of the molecule is Brc1ccc2cc[se]c2c1.CC1(C)OB(B2OC(C)(C)C(C)(C)O2)OC1(C)C.CC1(C)OB(c2ccc3cc[se]c3c2)OC1(C)C. The molecule has 0 spiro atoms. The molecule has 12 heteroatoms. The molecule has 3 aliphatic heterocycles. The number of rotatable bonds is 2. The van der Waals surface area contributed by atoms with Crippen LogP contribution in [0.4, 0.5) is 0 Å². The fourth-order valence-electron chi connectivity index (χ4n) is 5.03. The zero-order valence-electron chi connectivity index (χ0n) is 29.1. The molecule has 3 aliphatic rings. The van der Waals surface area contributed by atoms with Crippen molar-refractivity contribution in [3.63, 3.8) is 0 Å². The summed E-state index contributed by atoms with van der Waals surface area (Å²) in [5.41, 5.74) is -0.830. The van der Waals surface area contributed by atoms with Gasteiger partial charge in [0.2, 0.25) is 0 Å². The first-order chi connectivity index (χ1) is 21.1. The average molecular weight is 821 g/mol. The molecule has 0 aliphatic carbocycles. The van der Waals surface area contributed by atoms with Crippen LogP contribution in [-0.4, -0.2) is 83.8 Å². The van der Waals surface area contributed by atoms with Crippen LogP contribution in [0.5, 0.6) is 0 Å². The Labute approximate surface area is 296 Å². The summed E-state index contributed by atoms with van der Waals surface area (Å²) in [6.07, 6.45) is 0. The summed E-state index contributed by atoms with van der Waals surface area (Å²) in [6, 6.07) is 17.4. The second kappa shape index (κ2) is 12.9. The van der Waals surface area contributed by atoms with E-state index in [1.807, 2.05) is 55.4 Å². The Morgan fingerprint density at radius 2 is 0.848 bits per heavy atom. The van der Waals surface area contributed by atoms with Gasteiger partial charge in [0.05, 0.1) is 22.4 Å². The summed E-state index contributed by atoms with van der Waals surface area (Å²) >= 11 is 4.50. The molecule has 7 rings (SSSR count). The van der Waals surface area contributed by atoms with Crippen molar-refractivity contribution < 1.29 is 27.9 Å². The van der Waals surface area contributed by atoms with E-state index in [0.717, 1.165) is 5.46 Å². The van der Waals surface area contributed by atoms with Gasteiger partial charge in [-0.25, -0.2) is 0 Å². The van der Waals surface area contributed by atoms with Gasteiger partial charge < -0.3 is 18.6 Å². The van der Waals surface area contributed by atoms with E-state index < -0.39 is 14.0 Å². The van der Waals surface area contributed by atoms with Gasteiger partial charge in [-0.15, -0.1) is 0 Å². The minimum absolute atomic E-state index is 0.239. The van der Waals surface area contributed by atoms with Crippen molar-refractivity contribution in [3.8, 4) is 0 Å². The predicted octanol–water partition coefficient (Wildman–Crippen LogP) is 7.10. The molecule has 0 N–H and O–H groups in total. The van der Waals surface area contributed by atoms with Gasteiger partial charge in [0.1, 0.15) is 0 Å². The molecule has 2 aromatic heterocycles. The molecule has 2 aromatic carbocycles. The van der Waals surface area contributed by atoms with Gasteiger partial charge in [-0.2, -0.15) is 0 Å². The molecular weight excluding hydrogens is 775 g/mol. The van der Waals surface area contributed by atoms with Crippen LogP contribution < -0.4 is 5.46 Å². The van der Waals surface area contributed by atoms with Crippen LogP contribution in [0.3, 0.4) is 0 Å². The third-order valence-electron chi connectivity index (χ3n) is 10.2. The Balaban J connectivity index is 0.000000142. The molecule has 3 fully saturated rings. The van der Waals surface area contributed by atoms with E-state index >= 15 is 0 Å². The molecule has 0 bridgehead atoms. The van der Waals surface area contributed by atoms with Gasteiger partial charge in [-0.1, -0.05) is 0 Å². The Bertz CT molecular complexity index is 1600. The molecule has 3 saturated heterocycles. The summed E-state index contributed by atoms with van der Waals surface area (Å²) in [4.78, 5) is 4.51. The number of hydrogen-bond donors (Lipinski definition) is 0. The van der Waals surface area contributed by atoms with E-state index in [1.54, 1.807) is 0 Å². The quantitative estimate of drug-likeness (QED) is 0.201. The van der Waals surface area contributed by atoms with E-state index in [2.05, 4.69) is 102 Å². The van der Waals surface area contributed by atoms with Crippen molar-refractivity contribution in [2.24, 2.45) is 0 Å². The fraction of sp³-hybridized carbons (Fsp3) is 0.529. The third kappa shape index (κ3) is 7.44. The van der Waals surface area contributed by atoms with Gasteiger partial charge in [0.15, 0.2) is 0 Å². The predicted molar refractivity (Wildman–Crippen MR) is 197 cm³/mol. The Kier molecular flexibility index (Phi) is 10.3. The van der Waals surface area contributed by atoms with Crippen molar-refractivity contribution in [2.75, 3.05) is 0 Å². The Hall–Kier alpha value is -0.606. The second-order valence-corrected chi connectivity index (χ2v) is 20.1. The topological polar surface area (TPSA) is 55.4 Å². The fourth-order valence-corrected chi connectivity index (χ4v) is 9.22. The van der Waals surface area contributed by atoms with Crippen molar-refractivity contribution in [2.45, 2.75) is 117 Å². The van der Waals surface area contributed by atoms with Crippen molar-refractivity contribution >= 4 is 90.8 Å². The summed E-state index contributed by atoms with van der Waals surface area (Å²) in [6.45, 7) is 24.6. The first-order valence-electron chi connectivity index (χ1n) is 15.8. The molecule has 6 nitrogen and oxygen atoms in total. The molecule has 0 unspecified atom stereocenters. The summed E-state index contributed by atoms with van der Waals surface area (Å²) in [5, 5.41) is 2.73. The van der Waals surface area contributed by atoms with Crippen LogP contribution in [-0.2, 0) is 27.9 Å². The normalized spacial score (nSPS) is 23.3. The van der Waals surface area contributed by atoms with Crippen LogP contribution in [0, 0.1) is 0 Å². The maximum atomic E-state index is 6.07. The molecule has 46 heavy (non-hydrogen) atoms. The molecule has 5 heterocycles. The molecule has 246 valence electrons. The van der Waals surface area contributed by atoms with Gasteiger partial charge in [-0.05, 0) is 55.4 Å². The molecule has 0 amide bonds. The summed E-state index contributed by atoms with van der Waals surface area (Å²) in [7, 11) is -1.19. The van der Waals surface area contributed by atoms with Crippen molar-refractivity contribution in [3.05, 3.63) is 62.9 Å². The van der Waals surface area contributed by atoms with Crippen LogP contribution >= 0.6 is 15.9 Å². The monoisotopic (exact) mass is 822 g/mol. The number of hydrogen-bond acceptors (Lipinski definition) is 6. The minimum atomic E-state index is -0.476.